The first kappa shape index (κ1) is 13.9. The first-order chi connectivity index (χ1) is 9.13. The molecule has 5 heteroatoms. The van der Waals surface area contributed by atoms with Gasteiger partial charge < -0.3 is 14.5 Å². The van der Waals surface area contributed by atoms with Gasteiger partial charge in [-0.25, -0.2) is 4.39 Å². The topological polar surface area (TPSA) is 34.4 Å². The zero-order chi connectivity index (χ0) is 13.8. The molecule has 0 aliphatic heterocycles. The molecule has 0 saturated carbocycles. The molecule has 2 aromatic rings. The van der Waals surface area contributed by atoms with Crippen LogP contribution in [-0.4, -0.2) is 14.2 Å². The van der Waals surface area contributed by atoms with Gasteiger partial charge in [-0.2, -0.15) is 0 Å². The van der Waals surface area contributed by atoms with Crippen LogP contribution in [0, 0.1) is 5.82 Å². The van der Waals surface area contributed by atoms with Crippen molar-refractivity contribution < 1.29 is 13.5 Å². The van der Waals surface area contributed by atoms with Crippen molar-refractivity contribution >= 4 is 11.6 Å². The SMILES string of the molecule is CNC(Cc1ccc(OC)c(F)c1)c1ccc(Cl)o1. The van der Waals surface area contributed by atoms with Crippen LogP contribution >= 0.6 is 11.6 Å². The molecule has 0 radical (unpaired) electrons. The summed E-state index contributed by atoms with van der Waals surface area (Å²) in [6.45, 7) is 0. The van der Waals surface area contributed by atoms with E-state index in [0.29, 0.717) is 11.6 Å². The predicted octanol–water partition coefficient (Wildman–Crippen LogP) is 3.58. The minimum absolute atomic E-state index is 0.0553. The van der Waals surface area contributed by atoms with Gasteiger partial charge >= 0.3 is 0 Å². The van der Waals surface area contributed by atoms with Gasteiger partial charge in [0.15, 0.2) is 16.8 Å². The van der Waals surface area contributed by atoms with Gasteiger partial charge in [0, 0.05) is 0 Å². The molecule has 0 spiro atoms. The van der Waals surface area contributed by atoms with Crippen LogP contribution in [0.5, 0.6) is 5.75 Å². The average molecular weight is 284 g/mol. The van der Waals surface area contributed by atoms with E-state index in [2.05, 4.69) is 5.32 Å². The van der Waals surface area contributed by atoms with Crippen LogP contribution in [0.1, 0.15) is 17.4 Å². The summed E-state index contributed by atoms with van der Waals surface area (Å²) in [5.41, 5.74) is 0.852. The molecule has 1 heterocycles. The highest BCUT2D eigenvalue weighted by Gasteiger charge is 2.15. The lowest BCUT2D eigenvalue weighted by Gasteiger charge is -2.14. The van der Waals surface area contributed by atoms with E-state index < -0.39 is 0 Å². The number of likely N-dealkylation sites (N-methyl/N-ethyl adjacent to an activating group) is 1. The maximum atomic E-state index is 13.6. The molecule has 0 saturated heterocycles. The number of benzene rings is 1. The molecule has 1 aromatic heterocycles. The van der Waals surface area contributed by atoms with Crippen LogP contribution in [0.3, 0.4) is 0 Å². The smallest absolute Gasteiger partial charge is 0.193 e. The molecular formula is C14H15ClFNO2. The van der Waals surface area contributed by atoms with E-state index >= 15 is 0 Å². The van der Waals surface area contributed by atoms with Crippen molar-refractivity contribution in [3.05, 3.63) is 52.7 Å². The molecule has 102 valence electrons. The molecule has 0 bridgehead atoms. The summed E-state index contributed by atoms with van der Waals surface area (Å²) in [5.74, 6) is 0.599. The van der Waals surface area contributed by atoms with Crippen molar-refractivity contribution in [2.24, 2.45) is 0 Å². The highest BCUT2D eigenvalue weighted by molar-refractivity contribution is 6.28. The molecule has 0 fully saturated rings. The van der Waals surface area contributed by atoms with Crippen LogP contribution < -0.4 is 10.1 Å². The number of furan rings is 1. The maximum Gasteiger partial charge on any atom is 0.193 e. The molecule has 1 atom stereocenters. The van der Waals surface area contributed by atoms with E-state index in [1.165, 1.54) is 13.2 Å². The van der Waals surface area contributed by atoms with Gasteiger partial charge in [0.2, 0.25) is 0 Å². The third-order valence-electron chi connectivity index (χ3n) is 2.94. The molecule has 3 nitrogen and oxygen atoms in total. The van der Waals surface area contributed by atoms with Gasteiger partial charge in [-0.3, -0.25) is 0 Å². The first-order valence-electron chi connectivity index (χ1n) is 5.89. The van der Waals surface area contributed by atoms with Crippen molar-refractivity contribution in [1.29, 1.82) is 0 Å². The molecule has 0 aliphatic carbocycles. The van der Waals surface area contributed by atoms with Crippen LogP contribution in [0.25, 0.3) is 0 Å². The lowest BCUT2D eigenvalue weighted by molar-refractivity contribution is 0.385. The van der Waals surface area contributed by atoms with E-state index in [0.717, 1.165) is 11.3 Å². The van der Waals surface area contributed by atoms with Crippen molar-refractivity contribution in [1.82, 2.24) is 5.32 Å². The van der Waals surface area contributed by atoms with E-state index in [9.17, 15) is 4.39 Å². The minimum Gasteiger partial charge on any atom is -0.494 e. The Bertz CT molecular complexity index is 556. The normalized spacial score (nSPS) is 12.4. The Balaban J connectivity index is 2.16. The predicted molar refractivity (Wildman–Crippen MR) is 72.2 cm³/mol. The number of rotatable bonds is 5. The fourth-order valence-electron chi connectivity index (χ4n) is 1.93. The highest BCUT2D eigenvalue weighted by Crippen LogP contribution is 2.25. The number of nitrogens with one attached hydrogen (secondary N) is 1. The van der Waals surface area contributed by atoms with Crippen LogP contribution in [0.2, 0.25) is 5.22 Å². The van der Waals surface area contributed by atoms with Gasteiger partial charge in [-0.1, -0.05) is 6.07 Å². The standard InChI is InChI=1S/C14H15ClFNO2/c1-17-11(13-5-6-14(15)19-13)8-9-3-4-12(18-2)10(16)7-9/h3-7,11,17H,8H2,1-2H3. The third kappa shape index (κ3) is 3.28. The molecule has 1 aromatic carbocycles. The Hall–Kier alpha value is -1.52. The summed E-state index contributed by atoms with van der Waals surface area (Å²) in [6, 6.07) is 8.36. The second kappa shape index (κ2) is 6.08. The summed E-state index contributed by atoms with van der Waals surface area (Å²) in [4.78, 5) is 0. The van der Waals surface area contributed by atoms with Gasteiger partial charge in [0.1, 0.15) is 5.76 Å². The van der Waals surface area contributed by atoms with Crippen molar-refractivity contribution in [3.8, 4) is 5.75 Å². The largest absolute Gasteiger partial charge is 0.494 e. The maximum absolute atomic E-state index is 13.6. The fraction of sp³-hybridized carbons (Fsp3) is 0.286. The molecule has 0 aliphatic rings. The summed E-state index contributed by atoms with van der Waals surface area (Å²) in [7, 11) is 3.26. The molecule has 1 unspecified atom stereocenters. The Kier molecular flexibility index (Phi) is 4.45. The quantitative estimate of drug-likeness (QED) is 0.911. The first-order valence-corrected chi connectivity index (χ1v) is 6.26. The minimum atomic E-state index is -0.368. The summed E-state index contributed by atoms with van der Waals surface area (Å²) in [5, 5.41) is 3.47. The van der Waals surface area contributed by atoms with Gasteiger partial charge in [0.25, 0.3) is 0 Å². The van der Waals surface area contributed by atoms with E-state index in [-0.39, 0.29) is 17.6 Å². The monoisotopic (exact) mass is 283 g/mol. The van der Waals surface area contributed by atoms with Gasteiger partial charge in [-0.05, 0) is 54.9 Å². The zero-order valence-electron chi connectivity index (χ0n) is 10.7. The van der Waals surface area contributed by atoms with Crippen molar-refractivity contribution in [2.45, 2.75) is 12.5 Å². The number of halogens is 2. The van der Waals surface area contributed by atoms with Crippen molar-refractivity contribution in [3.63, 3.8) is 0 Å². The Morgan fingerprint density at radius 2 is 2.16 bits per heavy atom. The highest BCUT2D eigenvalue weighted by atomic mass is 35.5. The molecule has 1 N–H and O–H groups in total. The molecule has 19 heavy (non-hydrogen) atoms. The summed E-state index contributed by atoms with van der Waals surface area (Å²) >= 11 is 5.76. The van der Waals surface area contributed by atoms with Gasteiger partial charge in [0.05, 0.1) is 13.2 Å². The number of methoxy groups -OCH3 is 1. The van der Waals surface area contributed by atoms with Crippen molar-refractivity contribution in [2.75, 3.05) is 14.2 Å². The van der Waals surface area contributed by atoms with Crippen LogP contribution in [0.4, 0.5) is 4.39 Å². The lowest BCUT2D eigenvalue weighted by Crippen LogP contribution is -2.18. The van der Waals surface area contributed by atoms with E-state index in [1.807, 2.05) is 19.2 Å². The fourth-order valence-corrected chi connectivity index (χ4v) is 2.09. The second-order valence-corrected chi connectivity index (χ2v) is 4.53. The Morgan fingerprint density at radius 1 is 1.37 bits per heavy atom. The number of hydrogen-bond donors (Lipinski definition) is 1. The molecule has 2 rings (SSSR count). The Morgan fingerprint density at radius 3 is 2.68 bits per heavy atom. The number of hydrogen-bond acceptors (Lipinski definition) is 3. The summed E-state index contributed by atoms with van der Waals surface area (Å²) in [6.07, 6.45) is 0.598. The number of ether oxygens (including phenoxy) is 1. The van der Waals surface area contributed by atoms with E-state index in [4.69, 9.17) is 20.8 Å². The van der Waals surface area contributed by atoms with Crippen LogP contribution in [0.15, 0.2) is 34.7 Å². The van der Waals surface area contributed by atoms with Crippen LogP contribution in [-0.2, 0) is 6.42 Å². The lowest BCUT2D eigenvalue weighted by atomic mass is 10.0. The van der Waals surface area contributed by atoms with Gasteiger partial charge in [-0.15, -0.1) is 0 Å². The average Bonchev–Trinajstić information content (AvgIpc) is 2.82. The third-order valence-corrected chi connectivity index (χ3v) is 3.15. The van der Waals surface area contributed by atoms with E-state index in [1.54, 1.807) is 12.1 Å². The molecule has 0 amide bonds. The molecular weight excluding hydrogens is 269 g/mol. The summed E-state index contributed by atoms with van der Waals surface area (Å²) < 4.78 is 23.9. The zero-order valence-corrected chi connectivity index (χ0v) is 11.5. The second-order valence-electron chi connectivity index (χ2n) is 4.16. The Labute approximate surface area is 116 Å².